The molecule has 1 aliphatic heterocycles. The Kier molecular flexibility index (Phi) is 2.88. The van der Waals surface area contributed by atoms with Gasteiger partial charge in [-0.05, 0) is 25.1 Å². The molecular weight excluding hydrogens is 214 g/mol. The van der Waals surface area contributed by atoms with Crippen LogP contribution in [0.1, 0.15) is 16.8 Å². The van der Waals surface area contributed by atoms with Crippen LogP contribution in [0.3, 0.4) is 0 Å². The topological polar surface area (TPSA) is 68.0 Å². The standard InChI is InChI=1S/C10H12ClN3O/c11-7-2-8(10(12)14-5-7)9(15)1-6-3-13-4-6/h2,5-6,13H,1,3-4H2,(H2,12,14). The van der Waals surface area contributed by atoms with Crippen molar-refractivity contribution in [3.63, 3.8) is 0 Å². The third kappa shape index (κ3) is 2.27. The number of aromatic nitrogens is 1. The van der Waals surface area contributed by atoms with Gasteiger partial charge in [-0.1, -0.05) is 11.6 Å². The molecule has 0 unspecified atom stereocenters. The summed E-state index contributed by atoms with van der Waals surface area (Å²) in [6.07, 6.45) is 1.96. The highest BCUT2D eigenvalue weighted by Crippen LogP contribution is 2.19. The quantitative estimate of drug-likeness (QED) is 0.757. The average Bonchev–Trinajstić information content (AvgIpc) is 2.15. The zero-order valence-corrected chi connectivity index (χ0v) is 8.92. The van der Waals surface area contributed by atoms with E-state index in [9.17, 15) is 4.79 Å². The van der Waals surface area contributed by atoms with Crippen molar-refractivity contribution in [1.29, 1.82) is 0 Å². The van der Waals surface area contributed by atoms with E-state index in [1.807, 2.05) is 0 Å². The fourth-order valence-electron chi connectivity index (χ4n) is 1.54. The first-order valence-electron chi connectivity index (χ1n) is 4.82. The molecular formula is C10H12ClN3O. The van der Waals surface area contributed by atoms with Crippen LogP contribution in [0.4, 0.5) is 5.82 Å². The van der Waals surface area contributed by atoms with E-state index in [1.165, 1.54) is 6.20 Å². The van der Waals surface area contributed by atoms with Gasteiger partial charge < -0.3 is 11.1 Å². The van der Waals surface area contributed by atoms with E-state index in [0.717, 1.165) is 13.1 Å². The van der Waals surface area contributed by atoms with Crippen LogP contribution >= 0.6 is 11.6 Å². The summed E-state index contributed by atoms with van der Waals surface area (Å²) in [5, 5.41) is 3.56. The van der Waals surface area contributed by atoms with Gasteiger partial charge in [-0.15, -0.1) is 0 Å². The lowest BCUT2D eigenvalue weighted by Crippen LogP contribution is -2.43. The molecule has 1 aromatic heterocycles. The molecule has 1 fully saturated rings. The number of ketones is 1. The van der Waals surface area contributed by atoms with Gasteiger partial charge in [0, 0.05) is 12.6 Å². The van der Waals surface area contributed by atoms with E-state index in [1.54, 1.807) is 6.07 Å². The Balaban J connectivity index is 2.12. The number of nitrogens with two attached hydrogens (primary N) is 1. The van der Waals surface area contributed by atoms with Crippen molar-refractivity contribution in [3.8, 4) is 0 Å². The van der Waals surface area contributed by atoms with Crippen LogP contribution in [0.15, 0.2) is 12.3 Å². The minimum Gasteiger partial charge on any atom is -0.383 e. The van der Waals surface area contributed by atoms with Crippen LogP contribution in [0.2, 0.25) is 5.02 Å². The molecule has 1 aliphatic rings. The Morgan fingerprint density at radius 2 is 2.40 bits per heavy atom. The van der Waals surface area contributed by atoms with Crippen LogP contribution in [0.5, 0.6) is 0 Å². The second kappa shape index (κ2) is 4.16. The molecule has 1 aromatic rings. The first-order chi connectivity index (χ1) is 7.16. The number of Topliss-reactive ketones (excluding diaryl/α,β-unsaturated/α-hetero) is 1. The van der Waals surface area contributed by atoms with Crippen LogP contribution in [-0.2, 0) is 0 Å². The van der Waals surface area contributed by atoms with E-state index in [0.29, 0.717) is 22.9 Å². The molecule has 0 saturated carbocycles. The van der Waals surface area contributed by atoms with Crippen LogP contribution in [0, 0.1) is 5.92 Å². The minimum absolute atomic E-state index is 0.0222. The highest BCUT2D eigenvalue weighted by atomic mass is 35.5. The average molecular weight is 226 g/mol. The number of nitrogens with one attached hydrogen (secondary N) is 1. The number of nitrogen functional groups attached to an aromatic ring is 1. The Labute approximate surface area is 92.8 Å². The van der Waals surface area contributed by atoms with Gasteiger partial charge in [-0.3, -0.25) is 4.79 Å². The van der Waals surface area contributed by atoms with E-state index >= 15 is 0 Å². The molecule has 0 amide bonds. The predicted molar refractivity (Wildman–Crippen MR) is 59.0 cm³/mol. The lowest BCUT2D eigenvalue weighted by atomic mass is 9.94. The van der Waals surface area contributed by atoms with Crippen molar-refractivity contribution < 1.29 is 4.79 Å². The van der Waals surface area contributed by atoms with Crippen molar-refractivity contribution in [2.45, 2.75) is 6.42 Å². The smallest absolute Gasteiger partial charge is 0.167 e. The van der Waals surface area contributed by atoms with Crippen molar-refractivity contribution >= 4 is 23.2 Å². The largest absolute Gasteiger partial charge is 0.383 e. The number of rotatable bonds is 3. The Morgan fingerprint density at radius 3 is 3.00 bits per heavy atom. The maximum atomic E-state index is 11.8. The van der Waals surface area contributed by atoms with E-state index in [-0.39, 0.29) is 11.6 Å². The fourth-order valence-corrected chi connectivity index (χ4v) is 1.70. The Hall–Kier alpha value is -1.13. The molecule has 15 heavy (non-hydrogen) atoms. The summed E-state index contributed by atoms with van der Waals surface area (Å²) in [4.78, 5) is 15.7. The SMILES string of the molecule is Nc1ncc(Cl)cc1C(=O)CC1CNC1. The number of nitrogens with zero attached hydrogens (tertiary/aromatic N) is 1. The monoisotopic (exact) mass is 225 g/mol. The zero-order chi connectivity index (χ0) is 10.8. The van der Waals surface area contributed by atoms with Gasteiger partial charge in [-0.25, -0.2) is 4.98 Å². The number of carbonyl (C=O) groups is 1. The Bertz CT molecular complexity index is 390. The van der Waals surface area contributed by atoms with Gasteiger partial charge in [0.1, 0.15) is 5.82 Å². The predicted octanol–water partition coefficient (Wildman–Crippen LogP) is 1.11. The fraction of sp³-hybridized carbons (Fsp3) is 0.400. The number of hydrogen-bond acceptors (Lipinski definition) is 4. The highest BCUT2D eigenvalue weighted by molar-refractivity contribution is 6.31. The molecule has 0 spiro atoms. The lowest BCUT2D eigenvalue weighted by Gasteiger charge is -2.26. The number of carbonyl (C=O) groups excluding carboxylic acids is 1. The van der Waals surface area contributed by atoms with Gasteiger partial charge in [0.25, 0.3) is 0 Å². The molecule has 0 aromatic carbocycles. The lowest BCUT2D eigenvalue weighted by molar-refractivity contribution is 0.0946. The molecule has 0 radical (unpaired) electrons. The van der Waals surface area contributed by atoms with Gasteiger partial charge in [-0.2, -0.15) is 0 Å². The summed E-state index contributed by atoms with van der Waals surface area (Å²) in [6.45, 7) is 1.80. The third-order valence-electron chi connectivity index (χ3n) is 2.53. The Morgan fingerprint density at radius 1 is 1.67 bits per heavy atom. The third-order valence-corrected chi connectivity index (χ3v) is 2.73. The van der Waals surface area contributed by atoms with Gasteiger partial charge in [0.2, 0.25) is 0 Å². The minimum atomic E-state index is 0.0222. The molecule has 1 saturated heterocycles. The van der Waals surface area contributed by atoms with Crippen molar-refractivity contribution in [1.82, 2.24) is 10.3 Å². The maximum Gasteiger partial charge on any atom is 0.167 e. The second-order valence-electron chi connectivity index (χ2n) is 3.74. The first-order valence-corrected chi connectivity index (χ1v) is 5.19. The van der Waals surface area contributed by atoms with E-state index < -0.39 is 0 Å². The second-order valence-corrected chi connectivity index (χ2v) is 4.17. The molecule has 4 nitrogen and oxygen atoms in total. The van der Waals surface area contributed by atoms with Gasteiger partial charge in [0.15, 0.2) is 5.78 Å². The number of anilines is 1. The summed E-state index contributed by atoms with van der Waals surface area (Å²) in [5.74, 6) is 0.710. The molecule has 80 valence electrons. The number of halogens is 1. The maximum absolute atomic E-state index is 11.8. The van der Waals surface area contributed by atoms with Gasteiger partial charge >= 0.3 is 0 Å². The van der Waals surface area contributed by atoms with Crippen LogP contribution < -0.4 is 11.1 Å². The van der Waals surface area contributed by atoms with Crippen LogP contribution in [-0.4, -0.2) is 23.9 Å². The normalized spacial score (nSPS) is 16.1. The molecule has 2 heterocycles. The first kappa shape index (κ1) is 10.4. The highest BCUT2D eigenvalue weighted by Gasteiger charge is 2.22. The number of pyridine rings is 1. The summed E-state index contributed by atoms with van der Waals surface area (Å²) in [7, 11) is 0. The molecule has 3 N–H and O–H groups in total. The van der Waals surface area contributed by atoms with E-state index in [4.69, 9.17) is 17.3 Å². The summed E-state index contributed by atoms with van der Waals surface area (Å²) in [5.41, 5.74) is 6.06. The molecule has 0 atom stereocenters. The number of hydrogen-bond donors (Lipinski definition) is 2. The van der Waals surface area contributed by atoms with E-state index in [2.05, 4.69) is 10.3 Å². The summed E-state index contributed by atoms with van der Waals surface area (Å²) < 4.78 is 0. The van der Waals surface area contributed by atoms with Crippen molar-refractivity contribution in [3.05, 3.63) is 22.8 Å². The van der Waals surface area contributed by atoms with Crippen molar-refractivity contribution in [2.24, 2.45) is 5.92 Å². The van der Waals surface area contributed by atoms with Gasteiger partial charge in [0.05, 0.1) is 10.6 Å². The van der Waals surface area contributed by atoms with Crippen molar-refractivity contribution in [2.75, 3.05) is 18.8 Å². The van der Waals surface area contributed by atoms with Crippen LogP contribution in [0.25, 0.3) is 0 Å². The summed E-state index contributed by atoms with van der Waals surface area (Å²) >= 11 is 5.76. The molecule has 5 heteroatoms. The molecule has 2 rings (SSSR count). The summed E-state index contributed by atoms with van der Waals surface area (Å²) in [6, 6.07) is 1.58. The molecule has 0 aliphatic carbocycles. The molecule has 0 bridgehead atoms. The zero-order valence-electron chi connectivity index (χ0n) is 8.16.